The molecule has 9 heteroatoms. The van der Waals surface area contributed by atoms with Crippen molar-refractivity contribution in [3.05, 3.63) is 64.0 Å². The van der Waals surface area contributed by atoms with Crippen molar-refractivity contribution < 1.29 is 22.7 Å². The fraction of sp³-hybridized carbons (Fsp3) is 0.118. The molecule has 0 aliphatic heterocycles. The average Bonchev–Trinajstić information content (AvgIpc) is 2.65. The van der Waals surface area contributed by atoms with Gasteiger partial charge in [-0.1, -0.05) is 23.7 Å². The fourth-order valence-electron chi connectivity index (χ4n) is 1.90. The van der Waals surface area contributed by atoms with E-state index < -0.39 is 15.9 Å². The number of hydrazine groups is 1. The minimum Gasteiger partial charge on any atom is -0.497 e. The van der Waals surface area contributed by atoms with Crippen LogP contribution in [0.1, 0.15) is 15.9 Å². The standard InChI is InChI=1S/C17H17ClN2O5S/c1-24-15-9-13(10-16(11-15)25-2)17(21)19-20-26(22,23)8-7-12-3-5-14(18)6-4-12/h3-11,20H,1-2H3,(H,19,21)/b8-7+. The van der Waals surface area contributed by atoms with Crippen molar-refractivity contribution in [2.24, 2.45) is 0 Å². The molecule has 7 nitrogen and oxygen atoms in total. The molecule has 0 atom stereocenters. The van der Waals surface area contributed by atoms with Gasteiger partial charge < -0.3 is 9.47 Å². The van der Waals surface area contributed by atoms with E-state index in [0.717, 1.165) is 5.41 Å². The Morgan fingerprint density at radius 3 is 2.15 bits per heavy atom. The Morgan fingerprint density at radius 1 is 1.04 bits per heavy atom. The van der Waals surface area contributed by atoms with Gasteiger partial charge in [0.1, 0.15) is 11.5 Å². The van der Waals surface area contributed by atoms with Gasteiger partial charge in [-0.3, -0.25) is 10.2 Å². The number of benzene rings is 2. The molecule has 0 aromatic heterocycles. The molecule has 1 amide bonds. The summed E-state index contributed by atoms with van der Waals surface area (Å²) in [4.78, 5) is 14.1. The van der Waals surface area contributed by atoms with Crippen LogP contribution in [0.3, 0.4) is 0 Å². The van der Waals surface area contributed by atoms with Crippen LogP contribution >= 0.6 is 11.6 Å². The first-order valence-corrected chi connectivity index (χ1v) is 9.24. The topological polar surface area (TPSA) is 93.7 Å². The van der Waals surface area contributed by atoms with Crippen molar-refractivity contribution in [2.75, 3.05) is 14.2 Å². The number of hydrogen-bond donors (Lipinski definition) is 2. The molecular formula is C17H17ClN2O5S. The van der Waals surface area contributed by atoms with Gasteiger partial charge in [0, 0.05) is 22.1 Å². The van der Waals surface area contributed by atoms with E-state index in [2.05, 4.69) is 5.43 Å². The Hall–Kier alpha value is -2.55. The van der Waals surface area contributed by atoms with Crippen LogP contribution in [0.2, 0.25) is 5.02 Å². The van der Waals surface area contributed by atoms with Gasteiger partial charge in [-0.05, 0) is 35.9 Å². The summed E-state index contributed by atoms with van der Waals surface area (Å²) in [6.07, 6.45) is 1.37. The first kappa shape index (κ1) is 19.8. The van der Waals surface area contributed by atoms with Gasteiger partial charge in [0.05, 0.1) is 14.2 Å². The lowest BCUT2D eigenvalue weighted by Gasteiger charge is -2.09. The molecule has 0 heterocycles. The summed E-state index contributed by atoms with van der Waals surface area (Å²) in [6, 6.07) is 11.1. The van der Waals surface area contributed by atoms with Crippen LogP contribution in [-0.2, 0) is 10.0 Å². The largest absolute Gasteiger partial charge is 0.497 e. The normalized spacial score (nSPS) is 11.3. The van der Waals surface area contributed by atoms with Crippen molar-refractivity contribution >= 4 is 33.6 Å². The molecule has 0 saturated heterocycles. The average molecular weight is 397 g/mol. The summed E-state index contributed by atoms with van der Waals surface area (Å²) in [7, 11) is -0.992. The maximum Gasteiger partial charge on any atom is 0.266 e. The minimum atomic E-state index is -3.88. The predicted molar refractivity (Wildman–Crippen MR) is 99.6 cm³/mol. The molecule has 2 aromatic rings. The zero-order valence-corrected chi connectivity index (χ0v) is 15.6. The highest BCUT2D eigenvalue weighted by Gasteiger charge is 2.12. The molecule has 2 rings (SSSR count). The van der Waals surface area contributed by atoms with Crippen LogP contribution in [0.15, 0.2) is 47.9 Å². The van der Waals surface area contributed by atoms with E-state index in [-0.39, 0.29) is 5.56 Å². The second-order valence-corrected chi connectivity index (χ2v) is 7.06. The van der Waals surface area contributed by atoms with Crippen molar-refractivity contribution in [3.63, 3.8) is 0 Å². The summed E-state index contributed by atoms with van der Waals surface area (Å²) in [5, 5.41) is 1.48. The monoisotopic (exact) mass is 396 g/mol. The van der Waals surface area contributed by atoms with Crippen molar-refractivity contribution in [1.29, 1.82) is 0 Å². The zero-order valence-electron chi connectivity index (χ0n) is 14.0. The van der Waals surface area contributed by atoms with E-state index in [1.54, 1.807) is 30.3 Å². The molecule has 138 valence electrons. The number of carbonyl (C=O) groups is 1. The Morgan fingerprint density at radius 2 is 1.62 bits per heavy atom. The number of amides is 1. The van der Waals surface area contributed by atoms with E-state index in [4.69, 9.17) is 21.1 Å². The Labute approximate surface area is 156 Å². The van der Waals surface area contributed by atoms with Gasteiger partial charge >= 0.3 is 0 Å². The molecule has 0 spiro atoms. The van der Waals surface area contributed by atoms with Crippen molar-refractivity contribution in [1.82, 2.24) is 10.3 Å². The van der Waals surface area contributed by atoms with Gasteiger partial charge in [-0.2, -0.15) is 0 Å². The first-order chi connectivity index (χ1) is 12.3. The van der Waals surface area contributed by atoms with Gasteiger partial charge in [0.2, 0.25) is 0 Å². The maximum atomic E-state index is 12.2. The lowest BCUT2D eigenvalue weighted by atomic mass is 10.2. The Kier molecular flexibility index (Phi) is 6.62. The highest BCUT2D eigenvalue weighted by Crippen LogP contribution is 2.22. The zero-order chi connectivity index (χ0) is 19.2. The van der Waals surface area contributed by atoms with Crippen LogP contribution in [-0.4, -0.2) is 28.5 Å². The quantitative estimate of drug-likeness (QED) is 0.701. The van der Waals surface area contributed by atoms with Gasteiger partial charge in [0.25, 0.3) is 15.9 Å². The number of halogens is 1. The molecule has 0 aliphatic carbocycles. The van der Waals surface area contributed by atoms with Gasteiger partial charge in [-0.25, -0.2) is 8.42 Å². The number of methoxy groups -OCH3 is 2. The molecule has 0 saturated carbocycles. The fourth-order valence-corrected chi connectivity index (χ4v) is 2.67. The highest BCUT2D eigenvalue weighted by molar-refractivity contribution is 7.92. The smallest absolute Gasteiger partial charge is 0.266 e. The molecule has 0 unspecified atom stereocenters. The summed E-state index contributed by atoms with van der Waals surface area (Å²) >= 11 is 5.77. The first-order valence-electron chi connectivity index (χ1n) is 7.32. The van der Waals surface area contributed by atoms with Crippen LogP contribution in [0.4, 0.5) is 0 Å². The third-order valence-electron chi connectivity index (χ3n) is 3.23. The van der Waals surface area contributed by atoms with Crippen LogP contribution in [0.25, 0.3) is 6.08 Å². The lowest BCUT2D eigenvalue weighted by Crippen LogP contribution is -2.40. The Balaban J connectivity index is 2.04. The second-order valence-electron chi connectivity index (χ2n) is 5.06. The summed E-state index contributed by atoms with van der Waals surface area (Å²) in [5.74, 6) is 0.144. The Bertz CT molecular complexity index is 889. The number of hydrogen-bond acceptors (Lipinski definition) is 5. The lowest BCUT2D eigenvalue weighted by molar-refractivity contribution is 0.0944. The third-order valence-corrected chi connectivity index (χ3v) is 4.36. The summed E-state index contributed by atoms with van der Waals surface area (Å²) in [6.45, 7) is 0. The predicted octanol–water partition coefficient (Wildman–Crippen LogP) is 2.59. The number of carbonyl (C=O) groups excluding carboxylic acids is 1. The van der Waals surface area contributed by atoms with Crippen molar-refractivity contribution in [2.45, 2.75) is 0 Å². The molecule has 0 bridgehead atoms. The number of nitrogens with one attached hydrogen (secondary N) is 2. The van der Waals surface area contributed by atoms with Crippen molar-refractivity contribution in [3.8, 4) is 11.5 Å². The molecule has 2 N–H and O–H groups in total. The minimum absolute atomic E-state index is 0.172. The molecular weight excluding hydrogens is 380 g/mol. The molecule has 26 heavy (non-hydrogen) atoms. The van der Waals surface area contributed by atoms with Gasteiger partial charge in [-0.15, -0.1) is 4.83 Å². The van der Waals surface area contributed by atoms with E-state index in [1.807, 2.05) is 4.83 Å². The van der Waals surface area contributed by atoms with Crippen LogP contribution in [0, 0.1) is 0 Å². The molecule has 0 fully saturated rings. The summed E-state index contributed by atoms with van der Waals surface area (Å²) < 4.78 is 34.1. The highest BCUT2D eigenvalue weighted by atomic mass is 35.5. The molecule has 2 aromatic carbocycles. The SMILES string of the molecule is COc1cc(OC)cc(C(=O)NNS(=O)(=O)/C=C/c2ccc(Cl)cc2)c1. The third kappa shape index (κ3) is 5.76. The van der Waals surface area contributed by atoms with Crippen LogP contribution < -0.4 is 19.7 Å². The number of ether oxygens (including phenoxy) is 2. The number of rotatable bonds is 7. The summed E-state index contributed by atoms with van der Waals surface area (Å²) in [5.41, 5.74) is 2.94. The number of sulfonamides is 1. The molecule has 0 aliphatic rings. The maximum absolute atomic E-state index is 12.2. The van der Waals surface area contributed by atoms with Gasteiger partial charge in [0.15, 0.2) is 0 Å². The second kappa shape index (κ2) is 8.70. The molecule has 0 radical (unpaired) electrons. The van der Waals surface area contributed by atoms with Crippen LogP contribution in [0.5, 0.6) is 11.5 Å². The van der Waals surface area contributed by atoms with E-state index in [9.17, 15) is 13.2 Å². The van der Waals surface area contributed by atoms with E-state index in [0.29, 0.717) is 22.1 Å². The van der Waals surface area contributed by atoms with E-state index in [1.165, 1.54) is 32.4 Å². The van der Waals surface area contributed by atoms with E-state index >= 15 is 0 Å².